The fourth-order valence-electron chi connectivity index (χ4n) is 5.97. The molecule has 1 aliphatic rings. The minimum absolute atomic E-state index is 0.0314. The quantitative estimate of drug-likeness (QED) is 0.215. The van der Waals surface area contributed by atoms with E-state index in [9.17, 15) is 14.7 Å². The maximum atomic E-state index is 15.5. The van der Waals surface area contributed by atoms with Gasteiger partial charge >= 0.3 is 11.7 Å². The van der Waals surface area contributed by atoms with Gasteiger partial charge in [-0.15, -0.1) is 5.10 Å². The Hall–Kier alpha value is -4.24. The minimum atomic E-state index is -1.29. The van der Waals surface area contributed by atoms with Gasteiger partial charge in [0.05, 0.1) is 12.1 Å². The molecule has 0 aliphatic heterocycles. The molecule has 2 atom stereocenters. The third kappa shape index (κ3) is 6.88. The van der Waals surface area contributed by atoms with Gasteiger partial charge in [-0.1, -0.05) is 79.9 Å². The van der Waals surface area contributed by atoms with Crippen LogP contribution in [0.15, 0.2) is 77.6 Å². The van der Waals surface area contributed by atoms with E-state index < -0.39 is 17.5 Å². The number of carbonyl (C=O) groups is 1. The molecule has 8 nitrogen and oxygen atoms in total. The molecular weight excluding hydrogens is 547 g/mol. The van der Waals surface area contributed by atoms with E-state index in [1.807, 2.05) is 50.2 Å². The van der Waals surface area contributed by atoms with Gasteiger partial charge in [0, 0.05) is 26.2 Å². The molecule has 9 heteroatoms. The van der Waals surface area contributed by atoms with Gasteiger partial charge in [-0.2, -0.15) is 4.68 Å². The third-order valence-corrected chi connectivity index (χ3v) is 8.53. The second-order valence-corrected chi connectivity index (χ2v) is 11.5. The van der Waals surface area contributed by atoms with Crippen molar-refractivity contribution in [1.29, 1.82) is 0 Å². The van der Waals surface area contributed by atoms with Crippen molar-refractivity contribution < 1.29 is 19.0 Å². The Balaban J connectivity index is 1.50. The summed E-state index contributed by atoms with van der Waals surface area (Å²) >= 11 is 0. The van der Waals surface area contributed by atoms with Crippen LogP contribution in [0.5, 0.6) is 5.75 Å². The summed E-state index contributed by atoms with van der Waals surface area (Å²) < 4.78 is 24.1. The highest BCUT2D eigenvalue weighted by atomic mass is 19.1. The molecule has 1 aliphatic carbocycles. The summed E-state index contributed by atoms with van der Waals surface area (Å²) in [4.78, 5) is 27.7. The van der Waals surface area contributed by atoms with Gasteiger partial charge in [0.2, 0.25) is 0 Å². The number of hydrogen-bond acceptors (Lipinski definition) is 5. The Labute approximate surface area is 251 Å². The van der Waals surface area contributed by atoms with Gasteiger partial charge in [-0.05, 0) is 49.8 Å². The van der Waals surface area contributed by atoms with Gasteiger partial charge in [0.1, 0.15) is 22.8 Å². The van der Waals surface area contributed by atoms with Gasteiger partial charge < -0.3 is 9.84 Å². The zero-order valence-electron chi connectivity index (χ0n) is 24.9. The van der Waals surface area contributed by atoms with E-state index in [1.54, 1.807) is 7.05 Å². The first kappa shape index (κ1) is 30.2. The summed E-state index contributed by atoms with van der Waals surface area (Å²) in [7, 11) is 1.62. The first-order chi connectivity index (χ1) is 20.7. The summed E-state index contributed by atoms with van der Waals surface area (Å²) in [5, 5.41) is 14.4. The first-order valence-electron chi connectivity index (χ1n) is 14.9. The molecule has 0 saturated heterocycles. The summed E-state index contributed by atoms with van der Waals surface area (Å²) in [6, 6.07) is 22.0. The third-order valence-electron chi connectivity index (χ3n) is 8.53. The number of benzene rings is 3. The molecule has 1 N–H and O–H groups in total. The van der Waals surface area contributed by atoms with Crippen molar-refractivity contribution in [2.75, 3.05) is 0 Å². The predicted molar refractivity (Wildman–Crippen MR) is 163 cm³/mol. The predicted octanol–water partition coefficient (Wildman–Crippen LogP) is 6.52. The van der Waals surface area contributed by atoms with Crippen molar-refractivity contribution in [3.8, 4) is 11.4 Å². The van der Waals surface area contributed by atoms with Crippen LogP contribution in [0.3, 0.4) is 0 Å². The summed E-state index contributed by atoms with van der Waals surface area (Å²) in [5.74, 6) is -1.38. The van der Waals surface area contributed by atoms with Crippen LogP contribution in [0, 0.1) is 11.7 Å². The summed E-state index contributed by atoms with van der Waals surface area (Å²) in [6.45, 7) is 5.11. The molecule has 0 radical (unpaired) electrons. The average molecular weight is 587 g/mol. The number of ether oxygens (including phenoxy) is 1. The fraction of sp³-hybridized carbons (Fsp3) is 0.382. The van der Waals surface area contributed by atoms with Crippen LogP contribution in [-0.4, -0.2) is 36.4 Å². The molecule has 3 aromatic carbocycles. The summed E-state index contributed by atoms with van der Waals surface area (Å²) in [6.07, 6.45) is 5.14. The average Bonchev–Trinajstić information content (AvgIpc) is 3.31. The van der Waals surface area contributed by atoms with Crippen molar-refractivity contribution in [2.24, 2.45) is 13.0 Å². The molecule has 0 bridgehead atoms. The van der Waals surface area contributed by atoms with E-state index >= 15 is 4.39 Å². The topological polar surface area (TPSA) is 89.6 Å². The number of rotatable bonds is 11. The molecule has 43 heavy (non-hydrogen) atoms. The monoisotopic (exact) mass is 586 g/mol. The molecular formula is C34H39FN4O4. The molecule has 1 saturated carbocycles. The van der Waals surface area contributed by atoms with Crippen molar-refractivity contribution in [1.82, 2.24) is 19.2 Å². The SMILES string of the molecule is CC(Oc1cc(-n2nc([C@@H](C)N(Cc3ccccc3)Cc3ccccc3)n(C)c2=O)c(F)cc1C(=O)O)C1CCCCC1. The molecule has 1 heterocycles. The van der Waals surface area contributed by atoms with Crippen LogP contribution >= 0.6 is 0 Å². The number of aromatic carboxylic acids is 1. The van der Waals surface area contributed by atoms with Crippen LogP contribution in [0.2, 0.25) is 0 Å². The second kappa shape index (κ2) is 13.4. The molecule has 0 amide bonds. The van der Waals surface area contributed by atoms with Gasteiger partial charge in [0.25, 0.3) is 0 Å². The first-order valence-corrected chi connectivity index (χ1v) is 14.9. The normalized spacial score (nSPS) is 15.4. The highest BCUT2D eigenvalue weighted by molar-refractivity contribution is 5.91. The largest absolute Gasteiger partial charge is 0.489 e. The van der Waals surface area contributed by atoms with E-state index in [1.165, 1.54) is 17.1 Å². The summed E-state index contributed by atoms with van der Waals surface area (Å²) in [5.41, 5.74) is 1.26. The van der Waals surface area contributed by atoms with E-state index in [2.05, 4.69) is 34.3 Å². The van der Waals surface area contributed by atoms with E-state index in [-0.39, 0.29) is 35.1 Å². The van der Waals surface area contributed by atoms with Crippen molar-refractivity contribution >= 4 is 5.97 Å². The number of hydrogen-bond donors (Lipinski definition) is 1. The molecule has 1 aromatic heterocycles. The Bertz CT molecular complexity index is 1550. The van der Waals surface area contributed by atoms with Gasteiger partial charge in [0.15, 0.2) is 5.82 Å². The molecule has 5 rings (SSSR count). The Morgan fingerprint density at radius 1 is 1.00 bits per heavy atom. The molecule has 1 unspecified atom stereocenters. The lowest BCUT2D eigenvalue weighted by Crippen LogP contribution is -2.29. The lowest BCUT2D eigenvalue weighted by molar-refractivity contribution is 0.0681. The second-order valence-electron chi connectivity index (χ2n) is 11.5. The Morgan fingerprint density at radius 2 is 1.58 bits per heavy atom. The maximum absolute atomic E-state index is 15.5. The standard InChI is InChI=1S/C34H39FN4O4/c1-23(38(21-25-13-7-4-8-14-25)22-26-15-9-5-10-16-26)32-36-39(34(42)37(32)3)30-20-31(28(33(40)41)19-29(30)35)43-24(2)27-17-11-6-12-18-27/h4-5,7-10,13-16,19-20,23-24,27H,6,11-12,17-18,21-22H2,1-3H3,(H,40,41)/t23-,24?/m1/s1. The highest BCUT2D eigenvalue weighted by Gasteiger charge is 2.28. The van der Waals surface area contributed by atoms with Crippen molar-refractivity contribution in [3.63, 3.8) is 0 Å². The Morgan fingerprint density at radius 3 is 2.14 bits per heavy atom. The molecule has 1 fully saturated rings. The number of carboxylic acids is 1. The number of carboxylic acid groups (broad SMARTS) is 1. The van der Waals surface area contributed by atoms with Crippen LogP contribution in [0.25, 0.3) is 5.69 Å². The van der Waals surface area contributed by atoms with Gasteiger partial charge in [-0.25, -0.2) is 14.0 Å². The van der Waals surface area contributed by atoms with E-state index in [0.717, 1.165) is 47.6 Å². The lowest BCUT2D eigenvalue weighted by atomic mass is 9.86. The van der Waals surface area contributed by atoms with Crippen LogP contribution in [0.1, 0.15) is 79.3 Å². The Kier molecular flexibility index (Phi) is 9.40. The van der Waals surface area contributed by atoms with Crippen molar-refractivity contribution in [3.05, 3.63) is 112 Å². The van der Waals surface area contributed by atoms with Crippen molar-refractivity contribution in [2.45, 2.75) is 71.2 Å². The van der Waals surface area contributed by atoms with E-state index in [4.69, 9.17) is 4.74 Å². The maximum Gasteiger partial charge on any atom is 0.350 e. The zero-order chi connectivity index (χ0) is 30.5. The number of aromatic nitrogens is 3. The highest BCUT2D eigenvalue weighted by Crippen LogP contribution is 2.32. The number of halogens is 1. The van der Waals surface area contributed by atoms with Crippen LogP contribution < -0.4 is 10.4 Å². The van der Waals surface area contributed by atoms with Gasteiger partial charge in [-0.3, -0.25) is 9.47 Å². The van der Waals surface area contributed by atoms with E-state index in [0.29, 0.717) is 18.9 Å². The molecule has 0 spiro atoms. The fourth-order valence-corrected chi connectivity index (χ4v) is 5.97. The minimum Gasteiger partial charge on any atom is -0.489 e. The molecule has 4 aromatic rings. The lowest BCUT2D eigenvalue weighted by Gasteiger charge is -2.28. The number of nitrogens with zero attached hydrogens (tertiary/aromatic N) is 4. The van der Waals surface area contributed by atoms with Crippen LogP contribution in [-0.2, 0) is 20.1 Å². The molecule has 226 valence electrons. The zero-order valence-corrected chi connectivity index (χ0v) is 24.9. The van der Waals surface area contributed by atoms with Crippen LogP contribution in [0.4, 0.5) is 4.39 Å². The smallest absolute Gasteiger partial charge is 0.350 e.